The van der Waals surface area contributed by atoms with E-state index in [2.05, 4.69) is 41.6 Å². The molecule has 2 aromatic carbocycles. The molecule has 302 valence electrons. The van der Waals surface area contributed by atoms with Gasteiger partial charge >= 0.3 is 0 Å². The van der Waals surface area contributed by atoms with Crippen LogP contribution in [0.1, 0.15) is 80.7 Å². The Hall–Kier alpha value is -5.64. The number of aliphatic hydroxyl groups excluding tert-OH is 1. The highest BCUT2D eigenvalue weighted by molar-refractivity contribution is 7.13. The molecule has 15 heteroatoms. The Morgan fingerprint density at radius 1 is 1.09 bits per heavy atom. The van der Waals surface area contributed by atoms with Crippen LogP contribution in [0, 0.1) is 12.8 Å². The van der Waals surface area contributed by atoms with Crippen LogP contribution < -0.4 is 10.1 Å². The van der Waals surface area contributed by atoms with Gasteiger partial charge < -0.3 is 34.7 Å². The average molecular weight is 805 g/mol. The summed E-state index contributed by atoms with van der Waals surface area (Å²) >= 11 is 1.59. The predicted molar refractivity (Wildman–Crippen MR) is 219 cm³/mol. The number of aryl methyl sites for hydroxylation is 1. The van der Waals surface area contributed by atoms with Crippen LogP contribution in [0.25, 0.3) is 32.7 Å². The Morgan fingerprint density at radius 2 is 1.90 bits per heavy atom. The molecule has 2 aliphatic heterocycles. The van der Waals surface area contributed by atoms with Gasteiger partial charge in [-0.3, -0.25) is 14.5 Å². The SMILES string of the molecule is Cc1ncsc1-c1ccc([C@H](C)NC(=O)[C@@H]2C[C@@H](O)CN2C(=O)[C@@H](c2cc(OCCN3CCC[C@@H]3c3cc4cc(-c5ccccc5O)nnc4[nH]3)no2)C(C)C)cc1. The van der Waals surface area contributed by atoms with Crippen molar-refractivity contribution in [2.75, 3.05) is 26.2 Å². The number of hydrogen-bond donors (Lipinski definition) is 4. The number of nitrogens with zero attached hydrogens (tertiary/aromatic N) is 6. The first kappa shape index (κ1) is 39.2. The highest BCUT2D eigenvalue weighted by atomic mass is 32.1. The first-order chi connectivity index (χ1) is 28.0. The third-order valence-corrected chi connectivity index (χ3v) is 12.3. The maximum absolute atomic E-state index is 14.2. The van der Waals surface area contributed by atoms with E-state index in [0.29, 0.717) is 35.8 Å². The number of para-hydroxylation sites is 1. The summed E-state index contributed by atoms with van der Waals surface area (Å²) in [6, 6.07) is 19.8. The minimum atomic E-state index is -0.832. The van der Waals surface area contributed by atoms with Crippen LogP contribution >= 0.6 is 11.3 Å². The van der Waals surface area contributed by atoms with Gasteiger partial charge in [-0.05, 0) is 79.7 Å². The third-order valence-electron chi connectivity index (χ3n) is 11.3. The van der Waals surface area contributed by atoms with Crippen molar-refractivity contribution in [3.8, 4) is 33.3 Å². The molecule has 2 saturated heterocycles. The number of benzene rings is 2. The van der Waals surface area contributed by atoms with E-state index in [1.807, 2.05) is 75.7 Å². The molecule has 0 spiro atoms. The molecule has 5 atom stereocenters. The summed E-state index contributed by atoms with van der Waals surface area (Å²) in [5, 5.41) is 37.9. The number of hydrogen-bond acceptors (Lipinski definition) is 12. The highest BCUT2D eigenvalue weighted by Crippen LogP contribution is 2.36. The summed E-state index contributed by atoms with van der Waals surface area (Å²) in [6.07, 6.45) is 1.33. The van der Waals surface area contributed by atoms with Crippen LogP contribution in [-0.4, -0.2) is 95.5 Å². The summed E-state index contributed by atoms with van der Waals surface area (Å²) in [5.41, 5.74) is 7.78. The molecule has 0 bridgehead atoms. The van der Waals surface area contributed by atoms with Gasteiger partial charge in [-0.15, -0.1) is 21.5 Å². The number of H-pyrrole nitrogens is 1. The number of aromatic hydroxyl groups is 1. The first-order valence-electron chi connectivity index (χ1n) is 19.8. The number of ether oxygens (including phenoxy) is 1. The number of amides is 2. The molecule has 0 aliphatic carbocycles. The first-order valence-corrected chi connectivity index (χ1v) is 20.7. The number of phenolic OH excluding ortho intramolecular Hbond substituents is 1. The number of fused-ring (bicyclic) bond motifs is 1. The van der Waals surface area contributed by atoms with Gasteiger partial charge in [-0.2, -0.15) is 0 Å². The molecule has 6 aromatic rings. The fraction of sp³-hybridized carbons (Fsp3) is 0.395. The van der Waals surface area contributed by atoms with Gasteiger partial charge in [0.15, 0.2) is 11.4 Å². The molecule has 2 fully saturated rings. The summed E-state index contributed by atoms with van der Waals surface area (Å²) in [7, 11) is 0. The van der Waals surface area contributed by atoms with Crippen molar-refractivity contribution in [1.82, 2.24) is 40.4 Å². The number of phenols is 1. The minimum absolute atomic E-state index is 0.0483. The molecular weight excluding hydrogens is 757 g/mol. The Morgan fingerprint density at radius 3 is 2.66 bits per heavy atom. The molecule has 0 saturated carbocycles. The molecule has 0 radical (unpaired) electrons. The zero-order chi connectivity index (χ0) is 40.5. The van der Waals surface area contributed by atoms with E-state index in [1.165, 1.54) is 4.90 Å². The number of rotatable bonds is 13. The second-order valence-corrected chi connectivity index (χ2v) is 16.5. The van der Waals surface area contributed by atoms with Gasteiger partial charge in [-0.1, -0.05) is 50.2 Å². The normalized spacial score (nSPS) is 19.6. The Labute approximate surface area is 340 Å². The number of aliphatic hydroxyl groups is 1. The molecule has 2 aliphatic rings. The highest BCUT2D eigenvalue weighted by Gasteiger charge is 2.43. The topological polar surface area (TPSA) is 183 Å². The quantitative estimate of drug-likeness (QED) is 0.0994. The van der Waals surface area contributed by atoms with Crippen LogP contribution in [0.15, 0.2) is 76.8 Å². The van der Waals surface area contributed by atoms with Gasteiger partial charge in [0.25, 0.3) is 5.88 Å². The van der Waals surface area contributed by atoms with Crippen molar-refractivity contribution in [3.05, 3.63) is 95.0 Å². The molecule has 4 N–H and O–H groups in total. The van der Waals surface area contributed by atoms with Gasteiger partial charge in [0.2, 0.25) is 11.8 Å². The van der Waals surface area contributed by atoms with Crippen LogP contribution in [0.3, 0.4) is 0 Å². The van der Waals surface area contributed by atoms with E-state index < -0.39 is 18.1 Å². The van der Waals surface area contributed by atoms with Crippen LogP contribution in [-0.2, 0) is 9.59 Å². The van der Waals surface area contributed by atoms with E-state index in [1.54, 1.807) is 29.5 Å². The summed E-state index contributed by atoms with van der Waals surface area (Å²) in [4.78, 5) is 40.6. The lowest BCUT2D eigenvalue weighted by atomic mass is 9.91. The van der Waals surface area contributed by atoms with Crippen molar-refractivity contribution in [1.29, 1.82) is 0 Å². The van der Waals surface area contributed by atoms with E-state index >= 15 is 0 Å². The number of carbonyl (C=O) groups is 2. The average Bonchev–Trinajstić information content (AvgIpc) is 4.06. The standard InChI is InChI=1S/C43H48N8O6S/c1-24(2)39(43(55)51-22-30(52)20-35(51)42(54)45-25(3)27-11-13-28(14-12-27)40-26(4)44-23-58-40)37-21-38(49-57-37)56-17-16-50-15-7-9-34(50)33-19-29-18-32(47-48-41(29)46-33)31-8-5-6-10-36(31)53/h5-6,8,10-14,18-19,21,23-25,30,34-35,39,52-53H,7,9,15-17,20,22H2,1-4H3,(H,45,54)(H,46,48)/t25-,30+,34+,35-,39+/m0/s1. The number of carbonyl (C=O) groups excluding carboxylic acids is 2. The molecule has 6 heterocycles. The molecule has 0 unspecified atom stereocenters. The Balaban J connectivity index is 0.882. The lowest BCUT2D eigenvalue weighted by Crippen LogP contribution is -2.48. The van der Waals surface area contributed by atoms with E-state index in [-0.39, 0.29) is 54.4 Å². The summed E-state index contributed by atoms with van der Waals surface area (Å²) in [5.74, 6) is -0.750. The smallest absolute Gasteiger partial charge is 0.254 e. The fourth-order valence-electron chi connectivity index (χ4n) is 8.27. The van der Waals surface area contributed by atoms with E-state index in [4.69, 9.17) is 9.26 Å². The van der Waals surface area contributed by atoms with Gasteiger partial charge in [0.1, 0.15) is 24.3 Å². The molecule has 58 heavy (non-hydrogen) atoms. The molecule has 8 rings (SSSR count). The van der Waals surface area contributed by atoms with Crippen LogP contribution in [0.5, 0.6) is 11.6 Å². The molecule has 2 amide bonds. The van der Waals surface area contributed by atoms with Crippen molar-refractivity contribution in [2.45, 2.75) is 77.1 Å². The fourth-order valence-corrected chi connectivity index (χ4v) is 9.08. The maximum Gasteiger partial charge on any atom is 0.254 e. The van der Waals surface area contributed by atoms with Crippen LogP contribution in [0.2, 0.25) is 0 Å². The monoisotopic (exact) mass is 804 g/mol. The maximum atomic E-state index is 14.2. The largest absolute Gasteiger partial charge is 0.507 e. The number of aromatic nitrogens is 5. The second-order valence-electron chi connectivity index (χ2n) is 15.6. The number of likely N-dealkylation sites (tertiary alicyclic amines) is 2. The minimum Gasteiger partial charge on any atom is -0.507 e. The number of thiazole rings is 1. The Kier molecular flexibility index (Phi) is 11.3. The van der Waals surface area contributed by atoms with Gasteiger partial charge in [0.05, 0.1) is 40.0 Å². The van der Waals surface area contributed by atoms with Crippen molar-refractivity contribution < 1.29 is 29.1 Å². The molecular formula is C43H48N8O6S. The third kappa shape index (κ3) is 8.06. The second kappa shape index (κ2) is 16.7. The molecule has 14 nitrogen and oxygen atoms in total. The van der Waals surface area contributed by atoms with E-state index in [0.717, 1.165) is 52.2 Å². The van der Waals surface area contributed by atoms with Crippen LogP contribution in [0.4, 0.5) is 0 Å². The van der Waals surface area contributed by atoms with E-state index in [9.17, 15) is 19.8 Å². The molecule has 4 aromatic heterocycles. The zero-order valence-corrected chi connectivity index (χ0v) is 33.8. The number of β-amino-alcohol motifs (C(OH)–C–C–N with tert-alkyl or cyclic N) is 1. The van der Waals surface area contributed by atoms with Crippen molar-refractivity contribution in [3.63, 3.8) is 0 Å². The zero-order valence-electron chi connectivity index (χ0n) is 33.0. The number of aromatic amines is 1. The van der Waals surface area contributed by atoms with Crippen molar-refractivity contribution >= 4 is 34.2 Å². The van der Waals surface area contributed by atoms with Crippen molar-refractivity contribution in [2.24, 2.45) is 5.92 Å². The number of nitrogens with one attached hydrogen (secondary N) is 2. The van der Waals surface area contributed by atoms with Gasteiger partial charge in [0, 0.05) is 42.2 Å². The van der Waals surface area contributed by atoms with Gasteiger partial charge in [-0.25, -0.2) is 4.98 Å². The predicted octanol–water partition coefficient (Wildman–Crippen LogP) is 6.55. The lowest BCUT2D eigenvalue weighted by Gasteiger charge is -2.29. The lowest BCUT2D eigenvalue weighted by molar-refractivity contribution is -0.141. The summed E-state index contributed by atoms with van der Waals surface area (Å²) in [6.45, 7) is 9.67. The Bertz CT molecular complexity index is 2390. The summed E-state index contributed by atoms with van der Waals surface area (Å²) < 4.78 is 11.8.